The molecule has 0 rings (SSSR count). The van der Waals surface area contributed by atoms with Gasteiger partial charge in [0.1, 0.15) is 0 Å². The van der Waals surface area contributed by atoms with Crippen molar-refractivity contribution in [2.24, 2.45) is 0 Å². The van der Waals surface area contributed by atoms with Crippen LogP contribution >= 0.6 is 0 Å². The van der Waals surface area contributed by atoms with Gasteiger partial charge in [0.2, 0.25) is 0 Å². The average Bonchev–Trinajstić information content (AvgIpc) is 2.19. The quantitative estimate of drug-likeness (QED) is 0.470. The molecule has 0 unspecified atom stereocenters. The lowest BCUT2D eigenvalue weighted by atomic mass is 10.4. The number of ether oxygens (including phenoxy) is 1. The Bertz CT molecular complexity index is 188. The Hall–Kier alpha value is -0.690. The highest BCUT2D eigenvalue weighted by Gasteiger charge is 2.09. The van der Waals surface area contributed by atoms with Crippen LogP contribution in [-0.2, 0) is 9.53 Å². The molecule has 0 heterocycles. The Morgan fingerprint density at radius 2 is 1.88 bits per heavy atom. The van der Waals surface area contributed by atoms with Gasteiger partial charge in [-0.2, -0.15) is 0 Å². The smallest absolute Gasteiger partial charge is 0.317 e. The molecular formula is C10H22N2O4. The largest absolute Gasteiger partial charge is 0.480 e. The van der Waals surface area contributed by atoms with Crippen LogP contribution in [0.1, 0.15) is 0 Å². The Morgan fingerprint density at radius 3 is 2.38 bits per heavy atom. The lowest BCUT2D eigenvalue weighted by Gasteiger charge is -2.22. The third-order valence-corrected chi connectivity index (χ3v) is 2.01. The van der Waals surface area contributed by atoms with E-state index in [1.54, 1.807) is 0 Å². The van der Waals surface area contributed by atoms with Gasteiger partial charge in [-0.25, -0.2) is 0 Å². The fraction of sp³-hybridized carbons (Fsp3) is 0.900. The summed E-state index contributed by atoms with van der Waals surface area (Å²) in [6.45, 7) is 2.85. The molecule has 0 spiro atoms. The molecule has 0 saturated heterocycles. The number of hydrogen-bond donors (Lipinski definition) is 2. The number of aliphatic hydroxyl groups excluding tert-OH is 1. The lowest BCUT2D eigenvalue weighted by Crippen LogP contribution is -2.37. The minimum atomic E-state index is -0.832. The molecule has 6 heteroatoms. The van der Waals surface area contributed by atoms with Gasteiger partial charge in [-0.1, -0.05) is 0 Å². The van der Waals surface area contributed by atoms with Crippen molar-refractivity contribution in [3.05, 3.63) is 0 Å². The summed E-state index contributed by atoms with van der Waals surface area (Å²) in [6, 6.07) is 0. The third kappa shape index (κ3) is 9.85. The van der Waals surface area contributed by atoms with Crippen molar-refractivity contribution in [1.82, 2.24) is 9.80 Å². The molecule has 0 aromatic heterocycles. The Labute approximate surface area is 96.4 Å². The van der Waals surface area contributed by atoms with E-state index in [4.69, 9.17) is 14.9 Å². The molecule has 0 radical (unpaired) electrons. The molecule has 16 heavy (non-hydrogen) atoms. The first-order valence-electron chi connectivity index (χ1n) is 5.33. The fourth-order valence-corrected chi connectivity index (χ4v) is 1.16. The van der Waals surface area contributed by atoms with Crippen LogP contribution in [0.4, 0.5) is 0 Å². The summed E-state index contributed by atoms with van der Waals surface area (Å²) >= 11 is 0. The number of carboxylic acid groups (broad SMARTS) is 1. The maximum Gasteiger partial charge on any atom is 0.317 e. The van der Waals surface area contributed by atoms with E-state index in [9.17, 15) is 4.79 Å². The van der Waals surface area contributed by atoms with E-state index < -0.39 is 5.97 Å². The number of nitrogens with zero attached hydrogens (tertiary/aromatic N) is 2. The molecule has 0 saturated carbocycles. The molecule has 6 nitrogen and oxygen atoms in total. The number of likely N-dealkylation sites (N-methyl/N-ethyl adjacent to an activating group) is 1. The molecule has 0 bridgehead atoms. The van der Waals surface area contributed by atoms with Crippen molar-refractivity contribution < 1.29 is 19.7 Å². The zero-order chi connectivity index (χ0) is 12.4. The highest BCUT2D eigenvalue weighted by molar-refractivity contribution is 5.69. The third-order valence-electron chi connectivity index (χ3n) is 2.01. The minimum absolute atomic E-state index is 0.00334. The van der Waals surface area contributed by atoms with Gasteiger partial charge < -0.3 is 19.8 Å². The first kappa shape index (κ1) is 15.3. The molecule has 0 aliphatic rings. The summed E-state index contributed by atoms with van der Waals surface area (Å²) in [7, 11) is 3.89. The van der Waals surface area contributed by atoms with Crippen molar-refractivity contribution in [2.75, 3.05) is 60.1 Å². The molecular weight excluding hydrogens is 212 g/mol. The molecule has 0 aromatic carbocycles. The van der Waals surface area contributed by atoms with E-state index in [1.807, 2.05) is 23.9 Å². The predicted molar refractivity (Wildman–Crippen MR) is 60.5 cm³/mol. The number of aliphatic carboxylic acids is 1. The van der Waals surface area contributed by atoms with E-state index in [-0.39, 0.29) is 13.2 Å². The van der Waals surface area contributed by atoms with Crippen LogP contribution in [0, 0.1) is 0 Å². The Morgan fingerprint density at radius 1 is 1.19 bits per heavy atom. The van der Waals surface area contributed by atoms with Crippen LogP contribution in [0.2, 0.25) is 0 Å². The van der Waals surface area contributed by atoms with Crippen LogP contribution < -0.4 is 0 Å². The monoisotopic (exact) mass is 234 g/mol. The van der Waals surface area contributed by atoms with Gasteiger partial charge in [0.15, 0.2) is 0 Å². The second-order valence-electron chi connectivity index (χ2n) is 3.81. The molecule has 0 aliphatic carbocycles. The van der Waals surface area contributed by atoms with E-state index in [2.05, 4.69) is 0 Å². The van der Waals surface area contributed by atoms with E-state index >= 15 is 0 Å². The number of aliphatic hydroxyl groups is 1. The van der Waals surface area contributed by atoms with Crippen molar-refractivity contribution in [3.63, 3.8) is 0 Å². The van der Waals surface area contributed by atoms with Crippen molar-refractivity contribution in [3.8, 4) is 0 Å². The molecule has 0 fully saturated rings. The minimum Gasteiger partial charge on any atom is -0.480 e. The van der Waals surface area contributed by atoms with Crippen molar-refractivity contribution >= 4 is 5.97 Å². The van der Waals surface area contributed by atoms with Crippen LogP contribution in [0.3, 0.4) is 0 Å². The van der Waals surface area contributed by atoms with Gasteiger partial charge in [-0.05, 0) is 14.1 Å². The zero-order valence-corrected chi connectivity index (χ0v) is 10.1. The van der Waals surface area contributed by atoms with E-state index in [1.165, 1.54) is 0 Å². The van der Waals surface area contributed by atoms with Gasteiger partial charge in [-0.15, -0.1) is 0 Å². The van der Waals surface area contributed by atoms with Gasteiger partial charge >= 0.3 is 5.97 Å². The van der Waals surface area contributed by atoms with E-state index in [0.717, 1.165) is 6.54 Å². The maximum atomic E-state index is 10.6. The van der Waals surface area contributed by atoms with Crippen LogP contribution in [-0.4, -0.2) is 86.1 Å². The second kappa shape index (κ2) is 9.53. The maximum absolute atomic E-state index is 10.6. The number of hydrogen-bond acceptors (Lipinski definition) is 5. The SMILES string of the molecule is CN(C)CCN(CCOCCO)CC(=O)O. The molecule has 0 atom stereocenters. The summed E-state index contributed by atoms with van der Waals surface area (Å²) in [4.78, 5) is 14.4. The Balaban J connectivity index is 3.76. The van der Waals surface area contributed by atoms with Crippen LogP contribution in [0.15, 0.2) is 0 Å². The standard InChI is InChI=1S/C10H22N2O4/c1-11(2)3-4-12(9-10(14)15)5-7-16-8-6-13/h13H,3-9H2,1-2H3,(H,14,15). The van der Waals surface area contributed by atoms with Gasteiger partial charge in [0.25, 0.3) is 0 Å². The normalized spacial score (nSPS) is 11.3. The Kier molecular flexibility index (Phi) is 9.12. The molecule has 0 aromatic rings. The summed E-state index contributed by atoms with van der Waals surface area (Å²) in [5, 5.41) is 17.2. The zero-order valence-electron chi connectivity index (χ0n) is 10.1. The number of carbonyl (C=O) groups is 1. The average molecular weight is 234 g/mol. The van der Waals surface area contributed by atoms with Gasteiger partial charge in [0, 0.05) is 19.6 Å². The molecule has 0 aliphatic heterocycles. The van der Waals surface area contributed by atoms with Crippen molar-refractivity contribution in [2.45, 2.75) is 0 Å². The predicted octanol–water partition coefficient (Wildman–Crippen LogP) is -1.06. The molecule has 0 amide bonds. The summed E-state index contributed by atoms with van der Waals surface area (Å²) in [5.41, 5.74) is 0. The first-order valence-corrected chi connectivity index (χ1v) is 5.33. The van der Waals surface area contributed by atoms with Gasteiger partial charge in [0.05, 0.1) is 26.4 Å². The van der Waals surface area contributed by atoms with E-state index in [0.29, 0.717) is 26.3 Å². The second-order valence-corrected chi connectivity index (χ2v) is 3.81. The van der Waals surface area contributed by atoms with Crippen LogP contribution in [0.5, 0.6) is 0 Å². The summed E-state index contributed by atoms with van der Waals surface area (Å²) in [6.07, 6.45) is 0. The molecule has 96 valence electrons. The van der Waals surface area contributed by atoms with Crippen LogP contribution in [0.25, 0.3) is 0 Å². The lowest BCUT2D eigenvalue weighted by molar-refractivity contribution is -0.138. The van der Waals surface area contributed by atoms with Gasteiger partial charge in [-0.3, -0.25) is 9.69 Å². The summed E-state index contributed by atoms with van der Waals surface area (Å²) in [5.74, 6) is -0.832. The highest BCUT2D eigenvalue weighted by atomic mass is 16.5. The summed E-state index contributed by atoms with van der Waals surface area (Å²) < 4.78 is 5.10. The fourth-order valence-electron chi connectivity index (χ4n) is 1.16. The number of carboxylic acids is 1. The highest BCUT2D eigenvalue weighted by Crippen LogP contribution is 1.90. The first-order chi connectivity index (χ1) is 7.56. The van der Waals surface area contributed by atoms with Crippen molar-refractivity contribution in [1.29, 1.82) is 0 Å². The molecule has 2 N–H and O–H groups in total. The topological polar surface area (TPSA) is 73.2 Å². The number of rotatable bonds is 10.